The molecule has 0 aliphatic rings. The Morgan fingerprint density at radius 1 is 0.467 bits per heavy atom. The molecule has 0 saturated carbocycles. The lowest BCUT2D eigenvalue weighted by molar-refractivity contribution is -0.870. The van der Waals surface area contributed by atoms with Gasteiger partial charge in [0.15, 0.2) is 0 Å². The van der Waals surface area contributed by atoms with E-state index in [4.69, 9.17) is 13.8 Å². The minimum absolute atomic E-state index is 0.0289. The molecule has 0 aromatic carbocycles. The van der Waals surface area contributed by atoms with Crippen LogP contribution >= 0.6 is 7.82 Å². The summed E-state index contributed by atoms with van der Waals surface area (Å²) in [5, 5.41) is 3.02. The van der Waals surface area contributed by atoms with Gasteiger partial charge >= 0.3 is 5.97 Å². The van der Waals surface area contributed by atoms with E-state index in [1.54, 1.807) is 0 Å². The molecule has 0 aliphatic heterocycles. The van der Waals surface area contributed by atoms with E-state index in [0.717, 1.165) is 51.4 Å². The molecule has 9 nitrogen and oxygen atoms in total. The largest absolute Gasteiger partial charge is 0.756 e. The summed E-state index contributed by atoms with van der Waals surface area (Å²) in [5.74, 6) is -0.610. The fourth-order valence-electron chi connectivity index (χ4n) is 9.28. The van der Waals surface area contributed by atoms with E-state index in [1.165, 1.54) is 212 Å². The molecular weight excluding hydrogens is 952 g/mol. The summed E-state index contributed by atoms with van der Waals surface area (Å²) in [6.45, 7) is 6.82. The van der Waals surface area contributed by atoms with Gasteiger partial charge in [0.25, 0.3) is 7.82 Å². The minimum Gasteiger partial charge on any atom is -0.756 e. The number of carbonyl (C=O) groups excluding carboxylic acids is 2. The van der Waals surface area contributed by atoms with Crippen LogP contribution in [0.2, 0.25) is 0 Å². The first kappa shape index (κ1) is 73.0. The molecule has 3 unspecified atom stereocenters. The third-order valence-electron chi connectivity index (χ3n) is 14.2. The normalized spacial score (nSPS) is 14.0. The molecule has 0 aliphatic carbocycles. The Morgan fingerprint density at radius 2 is 0.827 bits per heavy atom. The van der Waals surface area contributed by atoms with E-state index < -0.39 is 32.5 Å². The predicted molar refractivity (Wildman–Crippen MR) is 321 cm³/mol. The number of carbonyl (C=O) groups is 2. The summed E-state index contributed by atoms with van der Waals surface area (Å²) in [7, 11) is 1.17. The number of rotatable bonds is 58. The maximum absolute atomic E-state index is 13.5. The number of unbranched alkanes of at least 4 members (excludes halogenated alkanes) is 36. The molecule has 1 N–H and O–H groups in total. The van der Waals surface area contributed by atoms with Crippen LogP contribution in [0.4, 0.5) is 0 Å². The lowest BCUT2D eigenvalue weighted by Crippen LogP contribution is -2.47. The number of phosphoric acid groups is 1. The van der Waals surface area contributed by atoms with Crippen molar-refractivity contribution in [2.24, 2.45) is 0 Å². The molecule has 0 fully saturated rings. The van der Waals surface area contributed by atoms with Crippen molar-refractivity contribution in [1.82, 2.24) is 5.32 Å². The molecule has 75 heavy (non-hydrogen) atoms. The Labute approximate surface area is 465 Å². The van der Waals surface area contributed by atoms with Gasteiger partial charge in [-0.1, -0.05) is 262 Å². The van der Waals surface area contributed by atoms with Crippen molar-refractivity contribution >= 4 is 19.7 Å². The van der Waals surface area contributed by atoms with Crippen LogP contribution in [0.25, 0.3) is 0 Å². The molecule has 0 rings (SSSR count). The first-order valence-electron chi connectivity index (χ1n) is 31.9. The van der Waals surface area contributed by atoms with Crippen LogP contribution in [0.5, 0.6) is 0 Å². The van der Waals surface area contributed by atoms with Gasteiger partial charge in [-0.3, -0.25) is 14.2 Å². The molecular formula is C65H123N2O7P. The van der Waals surface area contributed by atoms with Crippen LogP contribution < -0.4 is 10.2 Å². The molecule has 0 aromatic rings. The Balaban J connectivity index is 5.19. The number of quaternary nitrogens is 1. The maximum atomic E-state index is 13.5. The van der Waals surface area contributed by atoms with Crippen molar-refractivity contribution in [3.8, 4) is 0 Å². The van der Waals surface area contributed by atoms with Crippen molar-refractivity contribution < 1.29 is 37.3 Å². The predicted octanol–water partition coefficient (Wildman–Crippen LogP) is 19.0. The first-order chi connectivity index (χ1) is 36.4. The van der Waals surface area contributed by atoms with Crippen molar-refractivity contribution in [3.63, 3.8) is 0 Å². The van der Waals surface area contributed by atoms with Crippen LogP contribution in [0, 0.1) is 0 Å². The fourth-order valence-corrected chi connectivity index (χ4v) is 10.00. The van der Waals surface area contributed by atoms with Crippen molar-refractivity contribution in [2.75, 3.05) is 40.9 Å². The highest BCUT2D eigenvalue weighted by molar-refractivity contribution is 7.45. The smallest absolute Gasteiger partial charge is 0.306 e. The van der Waals surface area contributed by atoms with Gasteiger partial charge < -0.3 is 28.5 Å². The Morgan fingerprint density at radius 3 is 1.24 bits per heavy atom. The number of likely N-dealkylation sites (N-methyl/N-ethyl adjacent to an activating group) is 1. The molecule has 0 spiro atoms. The highest BCUT2D eigenvalue weighted by Crippen LogP contribution is 2.38. The van der Waals surface area contributed by atoms with E-state index in [9.17, 15) is 19.0 Å². The number of hydrogen-bond acceptors (Lipinski definition) is 7. The molecule has 440 valence electrons. The number of allylic oxidation sites excluding steroid dienone is 7. The van der Waals surface area contributed by atoms with Crippen LogP contribution in [0.1, 0.15) is 303 Å². The van der Waals surface area contributed by atoms with Gasteiger partial charge in [0.2, 0.25) is 5.91 Å². The Hall–Kier alpha value is -2.03. The molecule has 10 heteroatoms. The van der Waals surface area contributed by atoms with Gasteiger partial charge in [0.05, 0.1) is 33.8 Å². The van der Waals surface area contributed by atoms with Crippen molar-refractivity contribution in [1.29, 1.82) is 0 Å². The summed E-state index contributed by atoms with van der Waals surface area (Å²) >= 11 is 0. The molecule has 0 heterocycles. The number of nitrogens with one attached hydrogen (secondary N) is 1. The number of hydrogen-bond donors (Lipinski definition) is 1. The zero-order valence-electron chi connectivity index (χ0n) is 50.3. The molecule has 0 aromatic heterocycles. The average Bonchev–Trinajstić information content (AvgIpc) is 3.37. The number of esters is 1. The average molecular weight is 1080 g/mol. The summed E-state index contributed by atoms with van der Waals surface area (Å²) in [6.07, 6.45) is 68.1. The second-order valence-corrected chi connectivity index (χ2v) is 24.3. The van der Waals surface area contributed by atoms with Gasteiger partial charge in [0.1, 0.15) is 19.3 Å². The Bertz CT molecular complexity index is 1420. The second kappa shape index (κ2) is 55.3. The topological polar surface area (TPSA) is 114 Å². The molecule has 0 saturated heterocycles. The molecule has 0 radical (unpaired) electrons. The molecule has 1 amide bonds. The summed E-state index contributed by atoms with van der Waals surface area (Å²) in [5.41, 5.74) is 0. The zero-order chi connectivity index (χ0) is 55.0. The second-order valence-electron chi connectivity index (χ2n) is 22.9. The van der Waals surface area contributed by atoms with Gasteiger partial charge in [-0.15, -0.1) is 0 Å². The van der Waals surface area contributed by atoms with Crippen molar-refractivity contribution in [2.45, 2.75) is 315 Å². The van der Waals surface area contributed by atoms with Gasteiger partial charge in [-0.25, -0.2) is 0 Å². The quantitative estimate of drug-likeness (QED) is 0.0212. The van der Waals surface area contributed by atoms with E-state index in [1.807, 2.05) is 39.4 Å². The summed E-state index contributed by atoms with van der Waals surface area (Å²) in [6, 6.07) is -0.909. The van der Waals surface area contributed by atoms with Crippen LogP contribution in [-0.4, -0.2) is 69.4 Å². The van der Waals surface area contributed by atoms with Gasteiger partial charge in [-0.2, -0.15) is 0 Å². The number of phosphoric ester groups is 1. The van der Waals surface area contributed by atoms with Crippen LogP contribution in [0.15, 0.2) is 48.6 Å². The van der Waals surface area contributed by atoms with E-state index >= 15 is 0 Å². The van der Waals surface area contributed by atoms with Crippen molar-refractivity contribution in [3.05, 3.63) is 48.6 Å². The van der Waals surface area contributed by atoms with E-state index in [-0.39, 0.29) is 18.9 Å². The zero-order valence-corrected chi connectivity index (χ0v) is 51.2. The SMILES string of the molecule is CCCCCCCC/C=C\C/C=C/CCC(=O)OC(/C=C\CCCCCCCCCCCCC)C(COP(=O)([O-])OCC[N+](C)(C)C)NC(=O)CCCCCCCCCCCCCCC/C=C/CCCCCCCC. The summed E-state index contributed by atoms with van der Waals surface area (Å²) < 4.78 is 30.3. The monoisotopic (exact) mass is 1070 g/mol. The third kappa shape index (κ3) is 56.5. The van der Waals surface area contributed by atoms with E-state index in [2.05, 4.69) is 56.5 Å². The first-order valence-corrected chi connectivity index (χ1v) is 33.4. The number of ether oxygens (including phenoxy) is 1. The third-order valence-corrected chi connectivity index (χ3v) is 15.2. The highest BCUT2D eigenvalue weighted by atomic mass is 31.2. The lowest BCUT2D eigenvalue weighted by Gasteiger charge is -2.30. The van der Waals surface area contributed by atoms with Crippen LogP contribution in [0.3, 0.4) is 0 Å². The summed E-state index contributed by atoms with van der Waals surface area (Å²) in [4.78, 5) is 39.9. The minimum atomic E-state index is -4.71. The Kier molecular flexibility index (Phi) is 53.8. The van der Waals surface area contributed by atoms with Crippen LogP contribution in [-0.2, 0) is 27.9 Å². The maximum Gasteiger partial charge on any atom is 0.306 e. The molecule has 3 atom stereocenters. The fraction of sp³-hybridized carbons (Fsp3) is 0.846. The standard InChI is InChI=1S/C65H123N2O7P/c1-7-10-13-16-19-22-25-28-29-30-31-32-33-34-35-36-37-40-42-45-48-51-54-57-64(68)66-62(61-73-75(70,71)72-60-59-67(4,5)6)63(56-53-50-47-44-41-38-26-23-20-17-14-11-8-2)74-65(69)58-55-52-49-46-43-39-27-24-21-18-15-12-9-3/h28-29,39,43,49,52-53,56,62-63H,7-27,30-38,40-42,44-48,50-51,54-55,57-61H2,1-6H3,(H-,66,68,70,71)/b29-28+,43-39-,52-49+,56-53-. The lowest BCUT2D eigenvalue weighted by atomic mass is 10.0. The highest BCUT2D eigenvalue weighted by Gasteiger charge is 2.27. The number of amides is 1. The van der Waals surface area contributed by atoms with Gasteiger partial charge in [-0.05, 0) is 76.7 Å². The molecule has 0 bridgehead atoms. The van der Waals surface area contributed by atoms with Gasteiger partial charge in [0, 0.05) is 12.8 Å². The van der Waals surface area contributed by atoms with E-state index in [0.29, 0.717) is 23.9 Å². The number of nitrogens with zero attached hydrogens (tertiary/aromatic N) is 1.